The third-order valence-corrected chi connectivity index (χ3v) is 3.06. The first-order valence-electron chi connectivity index (χ1n) is 5.63. The zero-order valence-electron chi connectivity index (χ0n) is 9.45. The lowest BCUT2D eigenvalue weighted by molar-refractivity contribution is 0.379. The summed E-state index contributed by atoms with van der Waals surface area (Å²) in [4.78, 5) is 10.5. The molecule has 16 heavy (non-hydrogen) atoms. The van der Waals surface area contributed by atoms with E-state index < -0.39 is 0 Å². The minimum atomic E-state index is 0.378. The van der Waals surface area contributed by atoms with E-state index in [4.69, 9.17) is 16.3 Å². The van der Waals surface area contributed by atoms with Crippen molar-refractivity contribution in [3.63, 3.8) is 0 Å². The van der Waals surface area contributed by atoms with E-state index in [1.807, 2.05) is 0 Å². The highest BCUT2D eigenvalue weighted by atomic mass is 35.5. The van der Waals surface area contributed by atoms with Gasteiger partial charge in [0.15, 0.2) is 5.82 Å². The highest BCUT2D eigenvalue weighted by molar-refractivity contribution is 6.32. The third-order valence-electron chi connectivity index (χ3n) is 2.79. The fraction of sp³-hybridized carbons (Fsp3) is 0.636. The van der Waals surface area contributed by atoms with Crippen molar-refractivity contribution in [2.45, 2.75) is 25.7 Å². The SMILES string of the molecule is COc1ncc(Cl)c(N2CCCCCC2)n1. The van der Waals surface area contributed by atoms with Gasteiger partial charge in [-0.25, -0.2) is 4.98 Å². The lowest BCUT2D eigenvalue weighted by Gasteiger charge is -2.22. The maximum atomic E-state index is 6.12. The predicted octanol–water partition coefficient (Wildman–Crippen LogP) is 2.52. The molecule has 1 aromatic heterocycles. The number of methoxy groups -OCH3 is 1. The summed E-state index contributed by atoms with van der Waals surface area (Å²) in [6, 6.07) is 0.378. The van der Waals surface area contributed by atoms with Gasteiger partial charge in [-0.05, 0) is 12.8 Å². The van der Waals surface area contributed by atoms with Crippen LogP contribution in [0, 0.1) is 0 Å². The second kappa shape index (κ2) is 5.34. The summed E-state index contributed by atoms with van der Waals surface area (Å²) >= 11 is 6.12. The Morgan fingerprint density at radius 2 is 1.94 bits per heavy atom. The van der Waals surface area contributed by atoms with E-state index in [0.717, 1.165) is 18.9 Å². The van der Waals surface area contributed by atoms with Crippen molar-refractivity contribution in [2.24, 2.45) is 0 Å². The van der Waals surface area contributed by atoms with Gasteiger partial charge in [0.2, 0.25) is 0 Å². The van der Waals surface area contributed by atoms with Crippen LogP contribution in [0.2, 0.25) is 5.02 Å². The standard InChI is InChI=1S/C11H16ClN3O/c1-16-11-13-8-9(12)10(14-11)15-6-4-2-3-5-7-15/h8H,2-7H2,1H3. The zero-order valence-corrected chi connectivity index (χ0v) is 10.2. The first kappa shape index (κ1) is 11.5. The Kier molecular flexibility index (Phi) is 3.83. The monoisotopic (exact) mass is 241 g/mol. The minimum Gasteiger partial charge on any atom is -0.467 e. The number of halogens is 1. The van der Waals surface area contributed by atoms with Crippen LogP contribution in [0.15, 0.2) is 6.20 Å². The van der Waals surface area contributed by atoms with Gasteiger partial charge in [-0.1, -0.05) is 24.4 Å². The van der Waals surface area contributed by atoms with E-state index >= 15 is 0 Å². The molecule has 4 nitrogen and oxygen atoms in total. The van der Waals surface area contributed by atoms with Crippen LogP contribution in [0.25, 0.3) is 0 Å². The van der Waals surface area contributed by atoms with Gasteiger partial charge >= 0.3 is 6.01 Å². The highest BCUT2D eigenvalue weighted by Crippen LogP contribution is 2.26. The Bertz CT molecular complexity index is 351. The molecule has 0 amide bonds. The van der Waals surface area contributed by atoms with Crippen molar-refractivity contribution in [3.8, 4) is 6.01 Å². The van der Waals surface area contributed by atoms with Crippen molar-refractivity contribution in [1.82, 2.24) is 9.97 Å². The molecule has 1 saturated heterocycles. The van der Waals surface area contributed by atoms with Crippen LogP contribution in [0.1, 0.15) is 25.7 Å². The Hall–Kier alpha value is -1.03. The summed E-state index contributed by atoms with van der Waals surface area (Å²) in [7, 11) is 1.56. The Balaban J connectivity index is 2.22. The molecule has 88 valence electrons. The van der Waals surface area contributed by atoms with Gasteiger partial charge in [0, 0.05) is 13.1 Å². The van der Waals surface area contributed by atoms with E-state index in [1.54, 1.807) is 13.3 Å². The number of hydrogen-bond donors (Lipinski definition) is 0. The molecule has 0 saturated carbocycles. The summed E-state index contributed by atoms with van der Waals surface area (Å²) in [5.74, 6) is 0.801. The van der Waals surface area contributed by atoms with E-state index in [-0.39, 0.29) is 0 Å². The summed E-state index contributed by atoms with van der Waals surface area (Å²) in [5.41, 5.74) is 0. The van der Waals surface area contributed by atoms with Gasteiger partial charge in [0.1, 0.15) is 5.02 Å². The van der Waals surface area contributed by atoms with Crippen molar-refractivity contribution >= 4 is 17.4 Å². The molecule has 0 unspecified atom stereocenters. The molecule has 0 spiro atoms. The summed E-state index contributed by atoms with van der Waals surface area (Å²) in [6.07, 6.45) is 6.57. The fourth-order valence-corrected chi connectivity index (χ4v) is 2.16. The first-order valence-corrected chi connectivity index (χ1v) is 6.00. The number of aromatic nitrogens is 2. The van der Waals surface area contributed by atoms with E-state index in [9.17, 15) is 0 Å². The summed E-state index contributed by atoms with van der Waals surface area (Å²) < 4.78 is 5.02. The number of hydrogen-bond acceptors (Lipinski definition) is 4. The van der Waals surface area contributed by atoms with Crippen molar-refractivity contribution in [1.29, 1.82) is 0 Å². The molecule has 0 bridgehead atoms. The Morgan fingerprint density at radius 1 is 1.25 bits per heavy atom. The van der Waals surface area contributed by atoms with Crippen LogP contribution in [0.5, 0.6) is 6.01 Å². The largest absolute Gasteiger partial charge is 0.467 e. The molecule has 0 aliphatic carbocycles. The molecule has 0 atom stereocenters. The second-order valence-electron chi connectivity index (χ2n) is 3.93. The number of nitrogens with zero attached hydrogens (tertiary/aromatic N) is 3. The molecule has 1 aromatic rings. The van der Waals surface area contributed by atoms with Crippen LogP contribution in [-0.2, 0) is 0 Å². The van der Waals surface area contributed by atoms with E-state index in [2.05, 4.69) is 14.9 Å². The molecule has 2 heterocycles. The number of ether oxygens (including phenoxy) is 1. The van der Waals surface area contributed by atoms with Gasteiger partial charge in [-0.15, -0.1) is 0 Å². The van der Waals surface area contributed by atoms with Crippen molar-refractivity contribution in [2.75, 3.05) is 25.1 Å². The van der Waals surface area contributed by atoms with E-state index in [1.165, 1.54) is 25.7 Å². The number of rotatable bonds is 2. The molecular weight excluding hydrogens is 226 g/mol. The van der Waals surface area contributed by atoms with Gasteiger partial charge in [-0.3, -0.25) is 0 Å². The van der Waals surface area contributed by atoms with E-state index in [0.29, 0.717) is 11.0 Å². The zero-order chi connectivity index (χ0) is 11.4. The average molecular weight is 242 g/mol. The lowest BCUT2D eigenvalue weighted by atomic mass is 10.2. The van der Waals surface area contributed by atoms with Crippen molar-refractivity contribution in [3.05, 3.63) is 11.2 Å². The third kappa shape index (κ3) is 2.55. The molecular formula is C11H16ClN3O. The molecule has 5 heteroatoms. The Labute approximate surface area is 101 Å². The molecule has 1 fully saturated rings. The highest BCUT2D eigenvalue weighted by Gasteiger charge is 2.15. The smallest absolute Gasteiger partial charge is 0.318 e. The summed E-state index contributed by atoms with van der Waals surface area (Å²) in [6.45, 7) is 2.03. The molecule has 1 aliphatic rings. The molecule has 1 aliphatic heterocycles. The first-order chi connectivity index (χ1) is 7.81. The predicted molar refractivity (Wildman–Crippen MR) is 64.3 cm³/mol. The molecule has 0 radical (unpaired) electrons. The lowest BCUT2D eigenvalue weighted by Crippen LogP contribution is -2.25. The molecule has 0 aromatic carbocycles. The van der Waals surface area contributed by atoms with Gasteiger partial charge in [0.05, 0.1) is 13.3 Å². The van der Waals surface area contributed by atoms with Gasteiger partial charge in [-0.2, -0.15) is 4.98 Å². The average Bonchev–Trinajstić information content (AvgIpc) is 2.58. The van der Waals surface area contributed by atoms with Crippen LogP contribution in [0.4, 0.5) is 5.82 Å². The van der Waals surface area contributed by atoms with Crippen molar-refractivity contribution < 1.29 is 4.74 Å². The maximum absolute atomic E-state index is 6.12. The topological polar surface area (TPSA) is 38.2 Å². The minimum absolute atomic E-state index is 0.378. The summed E-state index contributed by atoms with van der Waals surface area (Å²) in [5, 5.41) is 0.600. The van der Waals surface area contributed by atoms with Crippen LogP contribution in [0.3, 0.4) is 0 Å². The van der Waals surface area contributed by atoms with Gasteiger partial charge < -0.3 is 9.64 Å². The Morgan fingerprint density at radius 3 is 2.56 bits per heavy atom. The quantitative estimate of drug-likeness (QED) is 0.798. The van der Waals surface area contributed by atoms with Crippen LogP contribution >= 0.6 is 11.6 Å². The van der Waals surface area contributed by atoms with Crippen LogP contribution < -0.4 is 9.64 Å². The van der Waals surface area contributed by atoms with Crippen LogP contribution in [-0.4, -0.2) is 30.2 Å². The maximum Gasteiger partial charge on any atom is 0.318 e. The fourth-order valence-electron chi connectivity index (χ4n) is 1.95. The molecule has 2 rings (SSSR count). The number of anilines is 1. The van der Waals surface area contributed by atoms with Gasteiger partial charge in [0.25, 0.3) is 0 Å². The normalized spacial score (nSPS) is 17.0. The molecule has 0 N–H and O–H groups in total. The second-order valence-corrected chi connectivity index (χ2v) is 4.34.